The number of nitrogens with one attached hydrogen (secondary N) is 1. The van der Waals surface area contributed by atoms with E-state index in [-0.39, 0.29) is 6.54 Å². The maximum Gasteiger partial charge on any atom is 0.194 e. The number of Topliss-reactive ketones (excluding diaryl/α,β-unsaturated/α-hetero) is 1. The first-order valence-electron chi connectivity index (χ1n) is 9.46. The Balaban J connectivity index is 2.06. The largest absolute Gasteiger partial charge is 0.394 e. The van der Waals surface area contributed by atoms with Crippen LogP contribution in [0.1, 0.15) is 5.56 Å². The van der Waals surface area contributed by atoms with Gasteiger partial charge in [0.25, 0.3) is 0 Å². The van der Waals surface area contributed by atoms with Gasteiger partial charge in [-0.25, -0.2) is 0 Å². The van der Waals surface area contributed by atoms with Gasteiger partial charge >= 0.3 is 0 Å². The average molecular weight is 431 g/mol. The molecule has 2 rings (SSSR count). The Morgan fingerprint density at radius 3 is 2.30 bits per heavy atom. The first-order valence-corrected chi connectivity index (χ1v) is 9.46. The number of anilines is 1. The summed E-state index contributed by atoms with van der Waals surface area (Å²) in [5.74, 6) is -1.01. The first-order chi connectivity index (χ1) is 14.2. The van der Waals surface area contributed by atoms with Gasteiger partial charge in [-0.15, -0.1) is 0 Å². The molecule has 1 aliphatic heterocycles. The summed E-state index contributed by atoms with van der Waals surface area (Å²) in [6, 6.07) is 7.15. The van der Waals surface area contributed by atoms with Crippen LogP contribution in [0.25, 0.3) is 0 Å². The van der Waals surface area contributed by atoms with Gasteiger partial charge in [-0.2, -0.15) is 0 Å². The smallest absolute Gasteiger partial charge is 0.194 e. The number of carbonyl (C=O) groups is 1. The summed E-state index contributed by atoms with van der Waals surface area (Å²) >= 11 is 0. The second-order valence-electron chi connectivity index (χ2n) is 7.17. The highest BCUT2D eigenvalue weighted by atomic mass is 16.7. The lowest BCUT2D eigenvalue weighted by molar-refractivity contribution is -0.314. The fraction of sp³-hybridized carbons (Fsp3) is 0.632. The van der Waals surface area contributed by atoms with Crippen molar-refractivity contribution in [3.05, 3.63) is 29.8 Å². The number of carbonyl (C=O) groups excluding carboxylic acids is 1. The molecule has 0 aromatic heterocycles. The standard InChI is InChI=1S/C19H29NO10/c1-9-2-4-10(5-3-9)20-6-11(23)14(25)18(12(24)7-21)30-19-17(28)16(27)15(26)13(8-22)29-19/h2-5,11-13,15-24,26-28H,6-8H2,1H3/t11?,12-,13-,15-,16+,17-,18?,19-/m1/s1. The van der Waals surface area contributed by atoms with Crippen molar-refractivity contribution < 1.29 is 50.0 Å². The Hall–Kier alpha value is -1.67. The topological polar surface area (TPSA) is 189 Å². The Morgan fingerprint density at radius 2 is 1.73 bits per heavy atom. The monoisotopic (exact) mass is 431 g/mol. The second kappa shape index (κ2) is 11.1. The van der Waals surface area contributed by atoms with E-state index < -0.39 is 68.0 Å². The van der Waals surface area contributed by atoms with E-state index in [1.54, 1.807) is 12.1 Å². The molecule has 1 saturated heterocycles. The second-order valence-corrected chi connectivity index (χ2v) is 7.17. The first kappa shape index (κ1) is 24.6. The van der Waals surface area contributed by atoms with Crippen molar-refractivity contribution in [1.29, 1.82) is 0 Å². The van der Waals surface area contributed by atoms with Crippen molar-refractivity contribution in [2.75, 3.05) is 25.1 Å². The van der Waals surface area contributed by atoms with Gasteiger partial charge in [0.1, 0.15) is 42.7 Å². The molecule has 0 bridgehead atoms. The minimum Gasteiger partial charge on any atom is -0.394 e. The summed E-state index contributed by atoms with van der Waals surface area (Å²) in [5.41, 5.74) is 1.66. The highest BCUT2D eigenvalue weighted by Crippen LogP contribution is 2.24. The third kappa shape index (κ3) is 5.94. The van der Waals surface area contributed by atoms with Gasteiger partial charge in [0.2, 0.25) is 0 Å². The van der Waals surface area contributed by atoms with Crippen LogP contribution in [-0.2, 0) is 14.3 Å². The summed E-state index contributed by atoms with van der Waals surface area (Å²) in [5, 5.41) is 71.2. The Labute approximate surface area is 173 Å². The van der Waals surface area contributed by atoms with Crippen molar-refractivity contribution in [3.63, 3.8) is 0 Å². The molecule has 1 aromatic carbocycles. The number of rotatable bonds is 10. The van der Waals surface area contributed by atoms with E-state index in [0.717, 1.165) is 5.56 Å². The molecule has 0 saturated carbocycles. The zero-order valence-corrected chi connectivity index (χ0v) is 16.4. The third-order valence-corrected chi connectivity index (χ3v) is 4.83. The van der Waals surface area contributed by atoms with E-state index in [1.165, 1.54) is 0 Å². The van der Waals surface area contributed by atoms with Gasteiger partial charge in [0, 0.05) is 12.2 Å². The average Bonchev–Trinajstić information content (AvgIpc) is 2.75. The molecule has 1 aliphatic rings. The van der Waals surface area contributed by atoms with Gasteiger partial charge in [0.15, 0.2) is 12.1 Å². The van der Waals surface area contributed by atoms with Gasteiger partial charge in [-0.3, -0.25) is 4.79 Å². The Morgan fingerprint density at radius 1 is 1.10 bits per heavy atom. The number of aliphatic hydroxyl groups is 7. The maximum atomic E-state index is 12.6. The maximum absolute atomic E-state index is 12.6. The lowest BCUT2D eigenvalue weighted by atomic mass is 9.98. The van der Waals surface area contributed by atoms with E-state index in [4.69, 9.17) is 9.47 Å². The molecule has 1 aromatic rings. The Bertz CT molecular complexity index is 670. The SMILES string of the molecule is Cc1ccc(NCC(O)C(=O)C(O[C@H]2O[C@H](CO)[C@@H](O)[C@H](O)[C@H]2O)[C@H](O)CO)cc1. The number of hydrogen-bond acceptors (Lipinski definition) is 11. The number of aliphatic hydroxyl groups excluding tert-OH is 7. The number of ether oxygens (including phenoxy) is 2. The summed E-state index contributed by atoms with van der Waals surface area (Å²) in [6.45, 7) is 0.0645. The van der Waals surface area contributed by atoms with Crippen LogP contribution in [0.3, 0.4) is 0 Å². The quantitative estimate of drug-likeness (QED) is 0.187. The summed E-state index contributed by atoms with van der Waals surface area (Å²) in [7, 11) is 0. The van der Waals surface area contributed by atoms with E-state index in [1.807, 2.05) is 19.1 Å². The molecule has 170 valence electrons. The molecule has 0 spiro atoms. The lowest BCUT2D eigenvalue weighted by Crippen LogP contribution is -2.61. The predicted octanol–water partition coefficient (Wildman–Crippen LogP) is -3.12. The van der Waals surface area contributed by atoms with Gasteiger partial charge in [-0.1, -0.05) is 17.7 Å². The number of ketones is 1. The van der Waals surface area contributed by atoms with Crippen LogP contribution in [0.15, 0.2) is 24.3 Å². The van der Waals surface area contributed by atoms with Crippen molar-refractivity contribution in [1.82, 2.24) is 0 Å². The molecule has 0 amide bonds. The summed E-state index contributed by atoms with van der Waals surface area (Å²) in [6.07, 6.45) is -13.4. The molecule has 8 atom stereocenters. The van der Waals surface area contributed by atoms with Crippen LogP contribution in [0.2, 0.25) is 0 Å². The van der Waals surface area contributed by atoms with Gasteiger partial charge in [0.05, 0.1) is 13.2 Å². The van der Waals surface area contributed by atoms with Gasteiger partial charge in [-0.05, 0) is 19.1 Å². The molecule has 30 heavy (non-hydrogen) atoms. The van der Waals surface area contributed by atoms with Crippen molar-refractivity contribution in [2.45, 2.75) is 55.9 Å². The van der Waals surface area contributed by atoms with Gasteiger partial charge < -0.3 is 50.5 Å². The Kier molecular flexibility index (Phi) is 9.09. The van der Waals surface area contributed by atoms with Crippen LogP contribution in [0, 0.1) is 6.92 Å². The van der Waals surface area contributed by atoms with Crippen molar-refractivity contribution in [3.8, 4) is 0 Å². The van der Waals surface area contributed by atoms with Crippen LogP contribution >= 0.6 is 0 Å². The van der Waals surface area contributed by atoms with Crippen LogP contribution in [0.4, 0.5) is 5.69 Å². The molecule has 0 aliphatic carbocycles. The fourth-order valence-corrected chi connectivity index (χ4v) is 2.94. The van der Waals surface area contributed by atoms with Crippen LogP contribution < -0.4 is 5.32 Å². The molecule has 1 fully saturated rings. The zero-order chi connectivity index (χ0) is 22.4. The molecule has 11 heteroatoms. The minimum atomic E-state index is -1.81. The minimum absolute atomic E-state index is 0.228. The molecular formula is C19H29NO10. The predicted molar refractivity (Wildman–Crippen MR) is 102 cm³/mol. The molecule has 0 radical (unpaired) electrons. The highest BCUT2D eigenvalue weighted by molar-refractivity contribution is 5.88. The van der Waals surface area contributed by atoms with E-state index in [2.05, 4.69) is 5.32 Å². The number of benzene rings is 1. The molecular weight excluding hydrogens is 402 g/mol. The summed E-state index contributed by atoms with van der Waals surface area (Å²) < 4.78 is 10.4. The van der Waals surface area contributed by atoms with Crippen LogP contribution in [-0.4, -0.2) is 110 Å². The highest BCUT2D eigenvalue weighted by Gasteiger charge is 2.46. The van der Waals surface area contributed by atoms with Crippen molar-refractivity contribution >= 4 is 11.5 Å². The number of aryl methyl sites for hydroxylation is 1. The molecule has 1 heterocycles. The zero-order valence-electron chi connectivity index (χ0n) is 16.4. The molecule has 11 nitrogen and oxygen atoms in total. The normalized spacial score (nSPS) is 29.8. The molecule has 8 N–H and O–H groups in total. The third-order valence-electron chi connectivity index (χ3n) is 4.83. The summed E-state index contributed by atoms with van der Waals surface area (Å²) in [4.78, 5) is 12.6. The lowest BCUT2D eigenvalue weighted by Gasteiger charge is -2.41. The number of hydrogen-bond donors (Lipinski definition) is 8. The van der Waals surface area contributed by atoms with E-state index in [0.29, 0.717) is 5.69 Å². The fourth-order valence-electron chi connectivity index (χ4n) is 2.94. The van der Waals surface area contributed by atoms with E-state index in [9.17, 15) is 40.5 Å². The van der Waals surface area contributed by atoms with Crippen LogP contribution in [0.5, 0.6) is 0 Å². The molecule has 2 unspecified atom stereocenters. The van der Waals surface area contributed by atoms with E-state index >= 15 is 0 Å². The van der Waals surface area contributed by atoms with Crippen molar-refractivity contribution in [2.24, 2.45) is 0 Å².